The Bertz CT molecular complexity index is 479. The van der Waals surface area contributed by atoms with Crippen LogP contribution in [0.2, 0.25) is 0 Å². The lowest BCUT2D eigenvalue weighted by molar-refractivity contribution is 0.0806. The van der Waals surface area contributed by atoms with E-state index in [1.807, 2.05) is 6.07 Å². The van der Waals surface area contributed by atoms with Crippen LogP contribution in [0.5, 0.6) is 0 Å². The van der Waals surface area contributed by atoms with Crippen molar-refractivity contribution in [2.45, 2.75) is 63.3 Å². The Balaban J connectivity index is 1.46. The van der Waals surface area contributed by atoms with E-state index in [9.17, 15) is 4.79 Å². The molecule has 0 atom stereocenters. The maximum Gasteiger partial charge on any atom is 0.317 e. The molecule has 3 heteroatoms. The molecule has 22 heavy (non-hydrogen) atoms. The molecule has 1 aromatic carbocycles. The monoisotopic (exact) mass is 300 g/mol. The van der Waals surface area contributed by atoms with Gasteiger partial charge < -0.3 is 10.2 Å². The van der Waals surface area contributed by atoms with E-state index >= 15 is 0 Å². The topological polar surface area (TPSA) is 32.3 Å². The van der Waals surface area contributed by atoms with Gasteiger partial charge in [-0.2, -0.15) is 0 Å². The van der Waals surface area contributed by atoms with Crippen molar-refractivity contribution >= 4 is 6.03 Å². The predicted molar refractivity (Wildman–Crippen MR) is 89.9 cm³/mol. The van der Waals surface area contributed by atoms with Gasteiger partial charge in [-0.1, -0.05) is 43.2 Å². The van der Waals surface area contributed by atoms with E-state index in [0.717, 1.165) is 25.9 Å². The molecular formula is C19H28N2O. The highest BCUT2D eigenvalue weighted by molar-refractivity contribution is 5.75. The molecule has 1 spiro atoms. The molecule has 1 aliphatic heterocycles. The fourth-order valence-corrected chi connectivity index (χ4v) is 4.19. The lowest BCUT2D eigenvalue weighted by Crippen LogP contribution is -2.56. The second-order valence-electron chi connectivity index (χ2n) is 6.86. The zero-order valence-electron chi connectivity index (χ0n) is 13.5. The molecular weight excluding hydrogens is 272 g/mol. The van der Waals surface area contributed by atoms with E-state index in [2.05, 4.69) is 34.5 Å². The number of benzene rings is 1. The number of hydrogen-bond donors (Lipinski definition) is 1. The molecule has 2 aliphatic rings. The minimum Gasteiger partial charge on any atom is -0.338 e. The number of rotatable bonds is 4. The van der Waals surface area contributed by atoms with Crippen LogP contribution in [0, 0.1) is 0 Å². The normalized spacial score (nSPS) is 20.3. The lowest BCUT2D eigenvalue weighted by Gasteiger charge is -2.45. The average Bonchev–Trinajstić information content (AvgIpc) is 3.01. The molecule has 1 N–H and O–H groups in total. The molecule has 0 unspecified atom stereocenters. The number of aryl methyl sites for hydroxylation is 1. The third kappa shape index (κ3) is 3.45. The highest BCUT2D eigenvalue weighted by Crippen LogP contribution is 2.41. The van der Waals surface area contributed by atoms with Gasteiger partial charge in [-0.25, -0.2) is 4.79 Å². The van der Waals surface area contributed by atoms with Crippen LogP contribution in [-0.2, 0) is 6.42 Å². The van der Waals surface area contributed by atoms with Gasteiger partial charge in [0.2, 0.25) is 0 Å². The molecule has 1 aliphatic carbocycles. The summed E-state index contributed by atoms with van der Waals surface area (Å²) in [6, 6.07) is 10.7. The molecule has 0 aromatic heterocycles. The van der Waals surface area contributed by atoms with Gasteiger partial charge in [0.1, 0.15) is 0 Å². The first-order valence-corrected chi connectivity index (χ1v) is 8.90. The minimum absolute atomic E-state index is 0.176. The van der Waals surface area contributed by atoms with Crippen molar-refractivity contribution < 1.29 is 4.79 Å². The van der Waals surface area contributed by atoms with Crippen molar-refractivity contribution in [3.8, 4) is 0 Å². The van der Waals surface area contributed by atoms with Crippen LogP contribution >= 0.6 is 0 Å². The number of nitrogens with zero attached hydrogens (tertiary/aromatic N) is 1. The van der Waals surface area contributed by atoms with Crippen LogP contribution < -0.4 is 5.32 Å². The summed E-state index contributed by atoms with van der Waals surface area (Å²) in [6.45, 7) is 1.73. The molecule has 2 fully saturated rings. The Morgan fingerprint density at radius 1 is 1.05 bits per heavy atom. The number of likely N-dealkylation sites (tertiary alicyclic amines) is 1. The molecule has 0 radical (unpaired) electrons. The zero-order valence-corrected chi connectivity index (χ0v) is 13.5. The first kappa shape index (κ1) is 15.4. The van der Waals surface area contributed by atoms with Gasteiger partial charge in [-0.05, 0) is 50.5 Å². The predicted octanol–water partition coefficient (Wildman–Crippen LogP) is 4.13. The maximum atomic E-state index is 12.6. The lowest BCUT2D eigenvalue weighted by atomic mass is 9.85. The number of amides is 2. The SMILES string of the molecule is O=C(NCCCc1ccccc1)N1CCCCC12CCCC2. The number of piperidine rings is 1. The second kappa shape index (κ2) is 7.17. The summed E-state index contributed by atoms with van der Waals surface area (Å²) in [5.41, 5.74) is 1.55. The van der Waals surface area contributed by atoms with Crippen LogP contribution in [0.15, 0.2) is 30.3 Å². The van der Waals surface area contributed by atoms with Crippen molar-refractivity contribution in [2.75, 3.05) is 13.1 Å². The maximum absolute atomic E-state index is 12.6. The van der Waals surface area contributed by atoms with E-state index < -0.39 is 0 Å². The summed E-state index contributed by atoms with van der Waals surface area (Å²) in [5.74, 6) is 0. The molecule has 1 saturated heterocycles. The fraction of sp³-hybridized carbons (Fsp3) is 0.632. The third-order valence-corrected chi connectivity index (χ3v) is 5.39. The summed E-state index contributed by atoms with van der Waals surface area (Å²) in [6.07, 6.45) is 10.7. The molecule has 1 saturated carbocycles. The second-order valence-corrected chi connectivity index (χ2v) is 6.86. The quantitative estimate of drug-likeness (QED) is 0.833. The first-order chi connectivity index (χ1) is 10.8. The van der Waals surface area contributed by atoms with Crippen LogP contribution in [0.1, 0.15) is 56.9 Å². The van der Waals surface area contributed by atoms with E-state index in [4.69, 9.17) is 0 Å². The number of carbonyl (C=O) groups excluding carboxylic acids is 1. The summed E-state index contributed by atoms with van der Waals surface area (Å²) in [7, 11) is 0. The smallest absolute Gasteiger partial charge is 0.317 e. The van der Waals surface area contributed by atoms with Gasteiger partial charge in [0.05, 0.1) is 0 Å². The van der Waals surface area contributed by atoms with Crippen LogP contribution in [0.4, 0.5) is 4.79 Å². The Kier molecular flexibility index (Phi) is 5.01. The van der Waals surface area contributed by atoms with Crippen LogP contribution in [0.25, 0.3) is 0 Å². The fourth-order valence-electron chi connectivity index (χ4n) is 4.19. The van der Waals surface area contributed by atoms with E-state index in [1.165, 1.54) is 50.5 Å². The molecule has 2 amide bonds. The standard InChI is InChI=1S/C19H28N2O/c22-18(20-15-8-11-17-9-2-1-3-10-17)21-16-7-6-14-19(21)12-4-5-13-19/h1-3,9-10H,4-8,11-16H2,(H,20,22). The zero-order chi connectivity index (χ0) is 15.3. The summed E-state index contributed by atoms with van der Waals surface area (Å²) < 4.78 is 0. The Morgan fingerprint density at radius 2 is 1.73 bits per heavy atom. The number of nitrogens with one attached hydrogen (secondary N) is 1. The van der Waals surface area contributed by atoms with Gasteiger partial charge in [0.15, 0.2) is 0 Å². The number of hydrogen-bond acceptors (Lipinski definition) is 1. The molecule has 1 aromatic rings. The van der Waals surface area contributed by atoms with Crippen molar-refractivity contribution in [2.24, 2.45) is 0 Å². The van der Waals surface area contributed by atoms with Crippen molar-refractivity contribution in [1.29, 1.82) is 0 Å². The van der Waals surface area contributed by atoms with Gasteiger partial charge in [0.25, 0.3) is 0 Å². The summed E-state index contributed by atoms with van der Waals surface area (Å²) >= 11 is 0. The van der Waals surface area contributed by atoms with E-state index in [0.29, 0.717) is 0 Å². The highest BCUT2D eigenvalue weighted by Gasteiger charge is 2.43. The van der Waals surface area contributed by atoms with Crippen molar-refractivity contribution in [1.82, 2.24) is 10.2 Å². The minimum atomic E-state index is 0.176. The third-order valence-electron chi connectivity index (χ3n) is 5.39. The van der Waals surface area contributed by atoms with Gasteiger partial charge in [0, 0.05) is 18.6 Å². The van der Waals surface area contributed by atoms with Gasteiger partial charge >= 0.3 is 6.03 Å². The molecule has 1 heterocycles. The van der Waals surface area contributed by atoms with E-state index in [1.54, 1.807) is 0 Å². The highest BCUT2D eigenvalue weighted by atomic mass is 16.2. The molecule has 3 rings (SSSR count). The molecule has 0 bridgehead atoms. The molecule has 120 valence electrons. The van der Waals surface area contributed by atoms with Crippen LogP contribution in [-0.4, -0.2) is 29.6 Å². The largest absolute Gasteiger partial charge is 0.338 e. The van der Waals surface area contributed by atoms with Gasteiger partial charge in [-0.3, -0.25) is 0 Å². The Hall–Kier alpha value is -1.51. The Morgan fingerprint density at radius 3 is 2.45 bits per heavy atom. The summed E-state index contributed by atoms with van der Waals surface area (Å²) in [5, 5.41) is 3.16. The Labute approximate surface area is 134 Å². The van der Waals surface area contributed by atoms with Crippen LogP contribution in [0.3, 0.4) is 0 Å². The first-order valence-electron chi connectivity index (χ1n) is 8.90. The van der Waals surface area contributed by atoms with Gasteiger partial charge in [-0.15, -0.1) is 0 Å². The average molecular weight is 300 g/mol. The van der Waals surface area contributed by atoms with E-state index in [-0.39, 0.29) is 11.6 Å². The number of carbonyl (C=O) groups is 1. The molecule has 3 nitrogen and oxygen atoms in total. The van der Waals surface area contributed by atoms with Crippen molar-refractivity contribution in [3.63, 3.8) is 0 Å². The number of urea groups is 1. The summed E-state index contributed by atoms with van der Waals surface area (Å²) in [4.78, 5) is 14.8. The van der Waals surface area contributed by atoms with Crippen molar-refractivity contribution in [3.05, 3.63) is 35.9 Å².